The van der Waals surface area contributed by atoms with Gasteiger partial charge in [0.25, 0.3) is 0 Å². The minimum atomic E-state index is -2.71. The highest BCUT2D eigenvalue weighted by Crippen LogP contribution is 2.32. The number of methoxy groups -OCH3 is 2. The predicted octanol–water partition coefficient (Wildman–Crippen LogP) is 6.95. The fourth-order valence-corrected chi connectivity index (χ4v) is 7.33. The third-order valence-electron chi connectivity index (χ3n) is 6.84. The molecule has 0 aliphatic heterocycles. The highest BCUT2D eigenvalue weighted by Gasteiger charge is 2.39. The zero-order valence-corrected chi connectivity index (χ0v) is 27.8. The Bertz CT molecular complexity index is 1150. The van der Waals surface area contributed by atoms with E-state index in [1.807, 2.05) is 63.2 Å². The maximum absolute atomic E-state index is 12.0. The van der Waals surface area contributed by atoms with Gasteiger partial charge in [0.15, 0.2) is 11.5 Å². The molecule has 0 saturated heterocycles. The number of amides is 1. The van der Waals surface area contributed by atoms with Gasteiger partial charge >= 0.3 is 20.9 Å². The van der Waals surface area contributed by atoms with Crippen LogP contribution < -0.4 is 14.8 Å². The van der Waals surface area contributed by atoms with E-state index in [1.165, 1.54) is 0 Å². The van der Waals surface area contributed by atoms with E-state index in [0.29, 0.717) is 75.4 Å². The van der Waals surface area contributed by atoms with E-state index in [9.17, 15) is 14.7 Å². The predicted molar refractivity (Wildman–Crippen MR) is 173 cm³/mol. The average molecular weight is 632 g/mol. The topological polar surface area (TPSA) is 122 Å². The van der Waals surface area contributed by atoms with E-state index in [2.05, 4.69) is 5.32 Å². The summed E-state index contributed by atoms with van der Waals surface area (Å²) < 4.78 is 33.5. The van der Waals surface area contributed by atoms with Crippen molar-refractivity contribution in [3.8, 4) is 22.6 Å². The zero-order valence-electron chi connectivity index (χ0n) is 26.8. The Kier molecular flexibility index (Phi) is 17.2. The largest absolute Gasteiger partial charge is 0.500 e. The monoisotopic (exact) mass is 631 g/mol. The summed E-state index contributed by atoms with van der Waals surface area (Å²) in [6.07, 6.45) is 5.53. The molecule has 2 N–H and O–H groups in total. The van der Waals surface area contributed by atoms with E-state index in [1.54, 1.807) is 20.3 Å². The van der Waals surface area contributed by atoms with Gasteiger partial charge in [-0.15, -0.1) is 0 Å². The first-order chi connectivity index (χ1) is 21.3. The summed E-state index contributed by atoms with van der Waals surface area (Å²) >= 11 is 0. The molecule has 0 saturated carbocycles. The van der Waals surface area contributed by atoms with Crippen molar-refractivity contribution < 1.29 is 42.2 Å². The summed E-state index contributed by atoms with van der Waals surface area (Å²) in [5.41, 5.74) is 3.16. The number of rotatable bonds is 22. The third-order valence-corrected chi connectivity index (χ3v) is 9.99. The van der Waals surface area contributed by atoms with Crippen molar-refractivity contribution in [2.75, 3.05) is 47.2 Å². The molecule has 2 rings (SSSR count). The minimum Gasteiger partial charge on any atom is -0.493 e. The van der Waals surface area contributed by atoms with Crippen molar-refractivity contribution in [2.45, 2.75) is 65.3 Å². The molecule has 0 spiro atoms. The second-order valence-corrected chi connectivity index (χ2v) is 12.7. The van der Waals surface area contributed by atoms with Gasteiger partial charge < -0.3 is 37.9 Å². The van der Waals surface area contributed by atoms with E-state index in [0.717, 1.165) is 36.0 Å². The zero-order chi connectivity index (χ0) is 32.2. The van der Waals surface area contributed by atoms with Crippen LogP contribution in [0.2, 0.25) is 6.04 Å². The van der Waals surface area contributed by atoms with Gasteiger partial charge in [-0.3, -0.25) is 0 Å². The molecule has 0 fully saturated rings. The summed E-state index contributed by atoms with van der Waals surface area (Å²) in [5, 5.41) is 12.5. The van der Waals surface area contributed by atoms with Crippen LogP contribution in [0.5, 0.6) is 11.5 Å². The molecule has 0 aromatic heterocycles. The number of nitrogens with one attached hydrogen (secondary N) is 1. The SMILES string of the molecule is CCO[Si](CCCNC(=O)OCCCCCC/C(=C\c1ccc(-c2ccc(OC)c(OC)c2)cc1)C(=O)O)(OCC)OCC. The maximum atomic E-state index is 12.0. The van der Waals surface area contributed by atoms with Crippen LogP contribution in [0.25, 0.3) is 17.2 Å². The van der Waals surface area contributed by atoms with Crippen molar-refractivity contribution >= 4 is 26.9 Å². The Balaban J connectivity index is 1.70. The molecule has 11 heteroatoms. The molecule has 10 nitrogen and oxygen atoms in total. The van der Waals surface area contributed by atoms with Crippen LogP contribution in [0, 0.1) is 0 Å². The number of alkyl carbamates (subject to hydrolysis) is 1. The summed E-state index contributed by atoms with van der Waals surface area (Å²) in [4.78, 5) is 23.9. The molecule has 0 aliphatic rings. The first-order valence-electron chi connectivity index (χ1n) is 15.4. The second kappa shape index (κ2) is 20.6. The van der Waals surface area contributed by atoms with Gasteiger partial charge in [-0.2, -0.15) is 0 Å². The Morgan fingerprint density at radius 3 is 2.00 bits per heavy atom. The molecule has 0 heterocycles. The molecule has 0 aliphatic carbocycles. The molecule has 244 valence electrons. The highest BCUT2D eigenvalue weighted by atomic mass is 28.4. The van der Waals surface area contributed by atoms with Crippen LogP contribution in [0.3, 0.4) is 0 Å². The summed E-state index contributed by atoms with van der Waals surface area (Å²) in [6.45, 7) is 8.07. The number of hydrogen-bond acceptors (Lipinski definition) is 8. The van der Waals surface area contributed by atoms with Crippen LogP contribution in [0.1, 0.15) is 64.9 Å². The fourth-order valence-electron chi connectivity index (χ4n) is 4.71. The summed E-state index contributed by atoms with van der Waals surface area (Å²) in [5.74, 6) is 0.390. The molecular weight excluding hydrogens is 582 g/mol. The van der Waals surface area contributed by atoms with Crippen molar-refractivity contribution in [3.05, 3.63) is 53.6 Å². The van der Waals surface area contributed by atoms with Gasteiger partial charge in [0, 0.05) is 38.0 Å². The average Bonchev–Trinajstić information content (AvgIpc) is 3.02. The lowest BCUT2D eigenvalue weighted by atomic mass is 10.0. The van der Waals surface area contributed by atoms with E-state index in [4.69, 9.17) is 27.5 Å². The van der Waals surface area contributed by atoms with Gasteiger partial charge in [0.2, 0.25) is 0 Å². The van der Waals surface area contributed by atoms with Gasteiger partial charge in [-0.25, -0.2) is 9.59 Å². The molecule has 0 unspecified atom stereocenters. The third kappa shape index (κ3) is 12.7. The molecule has 2 aromatic carbocycles. The number of hydrogen-bond donors (Lipinski definition) is 2. The highest BCUT2D eigenvalue weighted by molar-refractivity contribution is 6.60. The van der Waals surface area contributed by atoms with Crippen molar-refractivity contribution in [1.29, 1.82) is 0 Å². The van der Waals surface area contributed by atoms with Crippen LogP contribution in [0.15, 0.2) is 48.0 Å². The number of benzene rings is 2. The minimum absolute atomic E-state index is 0.315. The van der Waals surface area contributed by atoms with Crippen LogP contribution in [0.4, 0.5) is 4.79 Å². The van der Waals surface area contributed by atoms with E-state index in [-0.39, 0.29) is 0 Å². The van der Waals surface area contributed by atoms with Crippen LogP contribution in [-0.2, 0) is 22.8 Å². The Labute approximate surface area is 263 Å². The lowest BCUT2D eigenvalue weighted by Gasteiger charge is -2.28. The second-order valence-electron chi connectivity index (χ2n) is 9.98. The lowest BCUT2D eigenvalue weighted by molar-refractivity contribution is -0.132. The molecule has 2 aromatic rings. The van der Waals surface area contributed by atoms with Crippen molar-refractivity contribution in [1.82, 2.24) is 5.32 Å². The first-order valence-corrected chi connectivity index (χ1v) is 17.3. The van der Waals surface area contributed by atoms with Gasteiger partial charge in [-0.1, -0.05) is 43.2 Å². The van der Waals surface area contributed by atoms with E-state index >= 15 is 0 Å². The molecule has 1 amide bonds. The molecule has 0 bridgehead atoms. The maximum Gasteiger partial charge on any atom is 0.500 e. The van der Waals surface area contributed by atoms with Crippen LogP contribution in [-0.4, -0.2) is 73.2 Å². The number of carboxylic acid groups (broad SMARTS) is 1. The molecular formula is C33H49NO9Si. The van der Waals surface area contributed by atoms with Gasteiger partial charge in [0.1, 0.15) is 0 Å². The van der Waals surface area contributed by atoms with Crippen molar-refractivity contribution in [2.24, 2.45) is 0 Å². The molecule has 44 heavy (non-hydrogen) atoms. The smallest absolute Gasteiger partial charge is 0.493 e. The number of carbonyl (C=O) groups excluding carboxylic acids is 1. The summed E-state index contributed by atoms with van der Waals surface area (Å²) in [6, 6.07) is 14.1. The fraction of sp³-hybridized carbons (Fsp3) is 0.515. The number of carboxylic acids is 1. The van der Waals surface area contributed by atoms with Crippen LogP contribution >= 0.6 is 0 Å². The Morgan fingerprint density at radius 2 is 1.41 bits per heavy atom. The van der Waals surface area contributed by atoms with Gasteiger partial charge in [-0.05, 0) is 81.4 Å². The Morgan fingerprint density at radius 1 is 0.795 bits per heavy atom. The quantitative estimate of drug-likeness (QED) is 0.0807. The Hall–Kier alpha value is -3.38. The number of ether oxygens (including phenoxy) is 3. The number of aliphatic carboxylic acids is 1. The van der Waals surface area contributed by atoms with Crippen molar-refractivity contribution in [3.63, 3.8) is 0 Å². The molecule has 0 atom stereocenters. The number of carbonyl (C=O) groups is 2. The summed E-state index contributed by atoms with van der Waals surface area (Å²) in [7, 11) is 0.487. The normalized spacial score (nSPS) is 11.7. The standard InChI is InChI=1S/C33H49NO9Si/c1-6-41-44(42-7-2,43-8-3)23-13-21-34-33(37)40-22-12-10-9-11-14-29(32(35)36)24-26-15-17-27(18-16-26)28-19-20-30(38-4)31(25-28)39-5/h15-20,24-25H,6-14,21-23H2,1-5H3,(H,34,37)(H,35,36)/b29-24+. The van der Waals surface area contributed by atoms with Gasteiger partial charge in [0.05, 0.1) is 20.8 Å². The first kappa shape index (κ1) is 36.8. The number of unbranched alkanes of at least 4 members (excludes halogenated alkanes) is 3. The molecule has 0 radical (unpaired) electrons. The van der Waals surface area contributed by atoms with E-state index < -0.39 is 20.9 Å². The lowest BCUT2D eigenvalue weighted by Crippen LogP contribution is -2.46.